The second-order valence-electron chi connectivity index (χ2n) is 5.27. The van der Waals surface area contributed by atoms with E-state index < -0.39 is 0 Å². The average molecular weight is 261 g/mol. The lowest BCUT2D eigenvalue weighted by atomic mass is 10.00. The zero-order valence-corrected chi connectivity index (χ0v) is 11.1. The minimum Gasteiger partial charge on any atom is -0.371 e. The molecule has 1 aromatic heterocycles. The Hall–Kier alpha value is -1.46. The van der Waals surface area contributed by atoms with Gasteiger partial charge < -0.3 is 10.1 Å². The standard InChI is InChI=1S/C14H19N3O2/c1-15-14(18)12-6-11-8-17(9-13(12)19-11)7-10-4-2-3-5-16-10/h2-5,11-13H,6-9H2,1H3,(H,15,18)/t11-,12-,13+/m0/s1. The number of pyridine rings is 1. The molecule has 3 heterocycles. The maximum absolute atomic E-state index is 11.8. The first kappa shape index (κ1) is 12.6. The topological polar surface area (TPSA) is 54.5 Å². The molecule has 2 bridgehead atoms. The summed E-state index contributed by atoms with van der Waals surface area (Å²) in [5, 5.41) is 2.73. The van der Waals surface area contributed by atoms with Crippen molar-refractivity contribution in [2.75, 3.05) is 20.1 Å². The van der Waals surface area contributed by atoms with E-state index in [0.717, 1.165) is 31.7 Å². The highest BCUT2D eigenvalue weighted by Crippen LogP contribution is 2.32. The maximum Gasteiger partial charge on any atom is 0.225 e. The highest BCUT2D eigenvalue weighted by molar-refractivity contribution is 5.79. The van der Waals surface area contributed by atoms with E-state index in [2.05, 4.69) is 15.2 Å². The van der Waals surface area contributed by atoms with Crippen LogP contribution in [0, 0.1) is 5.92 Å². The monoisotopic (exact) mass is 261 g/mol. The van der Waals surface area contributed by atoms with E-state index in [9.17, 15) is 4.79 Å². The van der Waals surface area contributed by atoms with Gasteiger partial charge in [0.25, 0.3) is 0 Å². The molecule has 2 aliphatic heterocycles. The van der Waals surface area contributed by atoms with Gasteiger partial charge in [-0.05, 0) is 18.6 Å². The van der Waals surface area contributed by atoms with Crippen molar-refractivity contribution in [3.05, 3.63) is 30.1 Å². The first-order valence-electron chi connectivity index (χ1n) is 6.75. The van der Waals surface area contributed by atoms with Crippen molar-refractivity contribution in [2.24, 2.45) is 5.92 Å². The lowest BCUT2D eigenvalue weighted by molar-refractivity contribution is -0.127. The summed E-state index contributed by atoms with van der Waals surface area (Å²) in [5.41, 5.74) is 1.07. The zero-order chi connectivity index (χ0) is 13.2. The molecule has 0 spiro atoms. The van der Waals surface area contributed by atoms with Crippen molar-refractivity contribution in [3.8, 4) is 0 Å². The van der Waals surface area contributed by atoms with E-state index >= 15 is 0 Å². The van der Waals surface area contributed by atoms with Crippen LogP contribution < -0.4 is 5.32 Å². The second kappa shape index (κ2) is 5.27. The van der Waals surface area contributed by atoms with Crippen LogP contribution >= 0.6 is 0 Å². The van der Waals surface area contributed by atoms with Crippen LogP contribution in [-0.2, 0) is 16.1 Å². The molecule has 2 aliphatic rings. The number of carbonyl (C=O) groups excluding carboxylic acids is 1. The van der Waals surface area contributed by atoms with Crippen LogP contribution in [-0.4, -0.2) is 48.1 Å². The highest BCUT2D eigenvalue weighted by atomic mass is 16.5. The van der Waals surface area contributed by atoms with E-state index in [0.29, 0.717) is 0 Å². The maximum atomic E-state index is 11.8. The molecule has 1 N–H and O–H groups in total. The lowest BCUT2D eigenvalue weighted by Crippen LogP contribution is -2.44. The van der Waals surface area contributed by atoms with Crippen molar-refractivity contribution < 1.29 is 9.53 Å². The van der Waals surface area contributed by atoms with Crippen LogP contribution in [0.25, 0.3) is 0 Å². The predicted octanol–water partition coefficient (Wildman–Crippen LogP) is 0.417. The average Bonchev–Trinajstić information content (AvgIpc) is 2.74. The van der Waals surface area contributed by atoms with Gasteiger partial charge in [0.2, 0.25) is 5.91 Å². The van der Waals surface area contributed by atoms with Crippen LogP contribution in [0.15, 0.2) is 24.4 Å². The van der Waals surface area contributed by atoms with E-state index in [-0.39, 0.29) is 24.0 Å². The van der Waals surface area contributed by atoms with Gasteiger partial charge in [0.15, 0.2) is 0 Å². The first-order valence-corrected chi connectivity index (χ1v) is 6.75. The van der Waals surface area contributed by atoms with Gasteiger partial charge in [-0.2, -0.15) is 0 Å². The molecule has 3 atom stereocenters. The number of amides is 1. The number of morpholine rings is 1. The molecule has 0 saturated carbocycles. The van der Waals surface area contributed by atoms with Crippen molar-refractivity contribution >= 4 is 5.91 Å². The predicted molar refractivity (Wildman–Crippen MR) is 70.3 cm³/mol. The molecule has 5 nitrogen and oxygen atoms in total. The van der Waals surface area contributed by atoms with Crippen molar-refractivity contribution in [1.82, 2.24) is 15.2 Å². The molecule has 1 amide bonds. The summed E-state index contributed by atoms with van der Waals surface area (Å²) in [5.74, 6) is 0.107. The Morgan fingerprint density at radius 1 is 1.53 bits per heavy atom. The molecule has 0 aromatic carbocycles. The molecular formula is C14H19N3O2. The highest BCUT2D eigenvalue weighted by Gasteiger charge is 2.44. The van der Waals surface area contributed by atoms with Crippen molar-refractivity contribution in [1.29, 1.82) is 0 Å². The molecule has 19 heavy (non-hydrogen) atoms. The van der Waals surface area contributed by atoms with E-state index in [1.165, 1.54) is 0 Å². The fourth-order valence-electron chi connectivity index (χ4n) is 3.05. The van der Waals surface area contributed by atoms with Gasteiger partial charge in [-0.15, -0.1) is 0 Å². The van der Waals surface area contributed by atoms with Gasteiger partial charge >= 0.3 is 0 Å². The van der Waals surface area contributed by atoms with E-state index in [1.54, 1.807) is 7.05 Å². The summed E-state index contributed by atoms with van der Waals surface area (Å²) in [4.78, 5) is 18.5. The molecule has 0 radical (unpaired) electrons. The Labute approximate surface area is 113 Å². The van der Waals surface area contributed by atoms with Crippen LogP contribution in [0.3, 0.4) is 0 Å². The molecule has 1 aromatic rings. The third-order valence-corrected chi connectivity index (χ3v) is 3.93. The number of likely N-dealkylation sites (tertiary alicyclic amines) is 1. The van der Waals surface area contributed by atoms with Gasteiger partial charge in [-0.3, -0.25) is 14.7 Å². The fraction of sp³-hybridized carbons (Fsp3) is 0.571. The minimum atomic E-state index is 0.00346. The van der Waals surface area contributed by atoms with Crippen LogP contribution in [0.2, 0.25) is 0 Å². The summed E-state index contributed by atoms with van der Waals surface area (Å²) in [6.45, 7) is 2.53. The van der Waals surface area contributed by atoms with Gasteiger partial charge in [0.05, 0.1) is 23.8 Å². The van der Waals surface area contributed by atoms with E-state index in [1.807, 2.05) is 24.4 Å². The number of ether oxygens (including phenoxy) is 1. The third-order valence-electron chi connectivity index (χ3n) is 3.93. The third kappa shape index (κ3) is 2.62. The summed E-state index contributed by atoms with van der Waals surface area (Å²) in [6.07, 6.45) is 2.87. The summed E-state index contributed by atoms with van der Waals surface area (Å²) >= 11 is 0. The van der Waals surface area contributed by atoms with Crippen LogP contribution in [0.5, 0.6) is 0 Å². The Morgan fingerprint density at radius 2 is 2.42 bits per heavy atom. The number of hydrogen-bond acceptors (Lipinski definition) is 4. The van der Waals surface area contributed by atoms with Gasteiger partial charge in [0.1, 0.15) is 0 Å². The zero-order valence-electron chi connectivity index (χ0n) is 11.1. The smallest absolute Gasteiger partial charge is 0.225 e. The molecule has 2 saturated heterocycles. The molecular weight excluding hydrogens is 242 g/mol. The molecule has 2 fully saturated rings. The minimum absolute atomic E-state index is 0.00346. The van der Waals surface area contributed by atoms with Crippen LogP contribution in [0.4, 0.5) is 0 Å². The summed E-state index contributed by atoms with van der Waals surface area (Å²) < 4.78 is 5.88. The largest absolute Gasteiger partial charge is 0.371 e. The number of fused-ring (bicyclic) bond motifs is 2. The molecule has 5 heteroatoms. The normalized spacial score (nSPS) is 30.3. The SMILES string of the molecule is CNC(=O)[C@H]1C[C@H]2CN(Cc3ccccn3)C[C@H]1O2. The number of hydrogen-bond donors (Lipinski definition) is 1. The van der Waals surface area contributed by atoms with Crippen molar-refractivity contribution in [3.63, 3.8) is 0 Å². The summed E-state index contributed by atoms with van der Waals surface area (Å²) in [6, 6.07) is 5.96. The quantitative estimate of drug-likeness (QED) is 0.856. The summed E-state index contributed by atoms with van der Waals surface area (Å²) in [7, 11) is 1.69. The number of nitrogens with one attached hydrogen (secondary N) is 1. The Morgan fingerprint density at radius 3 is 3.16 bits per heavy atom. The number of carbonyl (C=O) groups is 1. The Bertz CT molecular complexity index is 451. The van der Waals surface area contributed by atoms with E-state index in [4.69, 9.17) is 4.74 Å². The molecule has 0 aliphatic carbocycles. The number of nitrogens with zero attached hydrogens (tertiary/aromatic N) is 2. The molecule has 102 valence electrons. The lowest BCUT2D eigenvalue weighted by Gasteiger charge is -2.32. The van der Waals surface area contributed by atoms with Crippen LogP contribution in [0.1, 0.15) is 12.1 Å². The van der Waals surface area contributed by atoms with Crippen molar-refractivity contribution in [2.45, 2.75) is 25.2 Å². The molecule has 0 unspecified atom stereocenters. The van der Waals surface area contributed by atoms with Gasteiger partial charge in [-0.25, -0.2) is 0 Å². The fourth-order valence-corrected chi connectivity index (χ4v) is 3.05. The molecule has 3 rings (SSSR count). The van der Waals surface area contributed by atoms with Gasteiger partial charge in [0, 0.05) is 32.9 Å². The Balaban J connectivity index is 1.64. The second-order valence-corrected chi connectivity index (χ2v) is 5.27. The van der Waals surface area contributed by atoms with Gasteiger partial charge in [-0.1, -0.05) is 6.07 Å². The number of aromatic nitrogens is 1. The Kier molecular flexibility index (Phi) is 3.48. The first-order chi connectivity index (χ1) is 9.26. The number of rotatable bonds is 3.